The minimum atomic E-state index is -0.219. The first-order chi connectivity index (χ1) is 15.5. The second kappa shape index (κ2) is 9.56. The fourth-order valence-electron chi connectivity index (χ4n) is 4.57. The topological polar surface area (TPSA) is 90.0 Å². The van der Waals surface area contributed by atoms with Crippen LogP contribution in [0.1, 0.15) is 46.4 Å². The Morgan fingerprint density at radius 1 is 1.12 bits per heavy atom. The third-order valence-electron chi connectivity index (χ3n) is 6.37. The molecule has 2 aromatic rings. The number of methoxy groups -OCH3 is 2. The van der Waals surface area contributed by atoms with E-state index in [1.165, 1.54) is 7.11 Å². The number of likely N-dealkylation sites (tertiary alicyclic amines) is 1. The molecule has 1 N–H and O–H groups in total. The van der Waals surface area contributed by atoms with Crippen molar-refractivity contribution >= 4 is 11.8 Å². The van der Waals surface area contributed by atoms with Gasteiger partial charge in [-0.3, -0.25) is 14.6 Å². The number of benzene rings is 1. The van der Waals surface area contributed by atoms with E-state index >= 15 is 0 Å². The minimum Gasteiger partial charge on any atom is -0.493 e. The van der Waals surface area contributed by atoms with Crippen LogP contribution in [0.15, 0.2) is 42.7 Å². The van der Waals surface area contributed by atoms with Crippen LogP contribution in [0.4, 0.5) is 0 Å². The van der Waals surface area contributed by atoms with Gasteiger partial charge in [-0.05, 0) is 49.9 Å². The van der Waals surface area contributed by atoms with Gasteiger partial charge in [-0.1, -0.05) is 6.07 Å². The van der Waals surface area contributed by atoms with Gasteiger partial charge in [0.05, 0.1) is 31.5 Å². The zero-order valence-corrected chi connectivity index (χ0v) is 18.5. The molecule has 1 aromatic carbocycles. The maximum absolute atomic E-state index is 12.7. The summed E-state index contributed by atoms with van der Waals surface area (Å²) in [7, 11) is 3.06. The molecule has 0 radical (unpaired) electrons. The number of hydrogen-bond donors (Lipinski definition) is 1. The molecular weight excluding hydrogens is 410 g/mol. The van der Waals surface area contributed by atoms with E-state index in [-0.39, 0.29) is 23.5 Å². The summed E-state index contributed by atoms with van der Waals surface area (Å²) in [6, 6.07) is 8.72. The van der Waals surface area contributed by atoms with E-state index in [9.17, 15) is 9.59 Å². The normalized spacial score (nSPS) is 19.6. The predicted octanol–water partition coefficient (Wildman–Crippen LogP) is 2.68. The molecule has 0 bridgehead atoms. The van der Waals surface area contributed by atoms with Gasteiger partial charge in [0.2, 0.25) is 0 Å². The number of aromatic nitrogens is 1. The van der Waals surface area contributed by atoms with Crippen molar-refractivity contribution in [3.05, 3.63) is 53.9 Å². The number of para-hydroxylation sites is 1. The van der Waals surface area contributed by atoms with Gasteiger partial charge in [0.15, 0.2) is 11.5 Å². The molecule has 2 amide bonds. The average Bonchev–Trinajstić information content (AvgIpc) is 3.24. The molecule has 2 aliphatic heterocycles. The largest absolute Gasteiger partial charge is 0.493 e. The third kappa shape index (κ3) is 4.55. The highest BCUT2D eigenvalue weighted by Gasteiger charge is 2.43. The Labute approximate surface area is 187 Å². The molecule has 1 atom stereocenters. The summed E-state index contributed by atoms with van der Waals surface area (Å²) in [5.74, 6) is 0.756. The molecule has 1 spiro atoms. The third-order valence-corrected chi connectivity index (χ3v) is 6.37. The number of amides is 2. The van der Waals surface area contributed by atoms with E-state index in [1.807, 2.05) is 4.90 Å². The van der Waals surface area contributed by atoms with E-state index in [1.54, 1.807) is 49.8 Å². The first kappa shape index (κ1) is 22.1. The minimum absolute atomic E-state index is 0.0382. The van der Waals surface area contributed by atoms with Crippen molar-refractivity contribution in [2.45, 2.75) is 37.4 Å². The van der Waals surface area contributed by atoms with Crippen LogP contribution in [-0.4, -0.2) is 67.3 Å². The molecule has 0 saturated carbocycles. The molecule has 0 aliphatic carbocycles. The van der Waals surface area contributed by atoms with Crippen molar-refractivity contribution in [1.82, 2.24) is 15.2 Å². The molecule has 3 heterocycles. The number of carbonyl (C=O) groups is 2. The first-order valence-electron chi connectivity index (χ1n) is 10.9. The Bertz CT molecular complexity index is 957. The van der Waals surface area contributed by atoms with E-state index in [0.717, 1.165) is 25.7 Å². The predicted molar refractivity (Wildman–Crippen MR) is 118 cm³/mol. The summed E-state index contributed by atoms with van der Waals surface area (Å²) in [4.78, 5) is 31.2. The van der Waals surface area contributed by atoms with Crippen molar-refractivity contribution in [2.24, 2.45) is 0 Å². The van der Waals surface area contributed by atoms with Gasteiger partial charge in [-0.2, -0.15) is 0 Å². The van der Waals surface area contributed by atoms with E-state index in [4.69, 9.17) is 14.2 Å². The molecule has 8 heteroatoms. The smallest absolute Gasteiger partial charge is 0.255 e. The summed E-state index contributed by atoms with van der Waals surface area (Å²) in [5, 5.41) is 2.97. The standard InChI is InChI=1S/C24H29N3O5/c1-30-20-5-3-4-19(21(20)31-2)22(28)26-16-18-6-9-24(32-18)10-14-27(15-11-24)23(29)17-7-12-25-13-8-17/h3-5,7-8,12-13,18H,6,9-11,14-16H2,1-2H3,(H,26,28). The Morgan fingerprint density at radius 2 is 1.88 bits per heavy atom. The van der Waals surface area contributed by atoms with Gasteiger partial charge in [-0.25, -0.2) is 0 Å². The molecule has 1 aromatic heterocycles. The lowest BCUT2D eigenvalue weighted by atomic mass is 9.88. The molecule has 4 rings (SSSR count). The fourth-order valence-corrected chi connectivity index (χ4v) is 4.57. The van der Waals surface area contributed by atoms with Gasteiger partial charge >= 0.3 is 0 Å². The first-order valence-corrected chi connectivity index (χ1v) is 10.9. The SMILES string of the molecule is COc1cccc(C(=O)NCC2CCC3(CCN(C(=O)c4ccncc4)CC3)O2)c1OC. The zero-order chi connectivity index (χ0) is 22.6. The number of pyridine rings is 1. The maximum atomic E-state index is 12.7. The zero-order valence-electron chi connectivity index (χ0n) is 18.5. The Kier molecular flexibility index (Phi) is 6.60. The number of hydrogen-bond acceptors (Lipinski definition) is 6. The summed E-state index contributed by atoms with van der Waals surface area (Å²) >= 11 is 0. The number of ether oxygens (including phenoxy) is 3. The molecule has 2 fully saturated rings. The lowest BCUT2D eigenvalue weighted by molar-refractivity contribution is -0.0712. The number of rotatable bonds is 6. The lowest BCUT2D eigenvalue weighted by Gasteiger charge is -2.39. The van der Waals surface area contributed by atoms with Crippen LogP contribution >= 0.6 is 0 Å². The van der Waals surface area contributed by atoms with Crippen LogP contribution in [0.5, 0.6) is 11.5 Å². The summed E-state index contributed by atoms with van der Waals surface area (Å²) < 4.78 is 17.0. The van der Waals surface area contributed by atoms with Crippen LogP contribution < -0.4 is 14.8 Å². The van der Waals surface area contributed by atoms with Crippen molar-refractivity contribution in [3.8, 4) is 11.5 Å². The summed E-state index contributed by atoms with van der Waals surface area (Å²) in [6.45, 7) is 1.77. The van der Waals surface area contributed by atoms with Crippen LogP contribution in [-0.2, 0) is 4.74 Å². The number of nitrogens with one attached hydrogen (secondary N) is 1. The molecule has 2 saturated heterocycles. The quantitative estimate of drug-likeness (QED) is 0.744. The highest BCUT2D eigenvalue weighted by molar-refractivity contribution is 5.97. The van der Waals surface area contributed by atoms with Crippen molar-refractivity contribution in [3.63, 3.8) is 0 Å². The Morgan fingerprint density at radius 3 is 2.56 bits per heavy atom. The van der Waals surface area contributed by atoms with Crippen LogP contribution in [0, 0.1) is 0 Å². The molecule has 1 unspecified atom stereocenters. The molecular formula is C24H29N3O5. The van der Waals surface area contributed by atoms with Crippen LogP contribution in [0.2, 0.25) is 0 Å². The molecule has 32 heavy (non-hydrogen) atoms. The van der Waals surface area contributed by atoms with Crippen molar-refractivity contribution < 1.29 is 23.8 Å². The Balaban J connectivity index is 1.29. The highest BCUT2D eigenvalue weighted by atomic mass is 16.5. The maximum Gasteiger partial charge on any atom is 0.255 e. The molecule has 170 valence electrons. The van der Waals surface area contributed by atoms with Crippen molar-refractivity contribution in [1.29, 1.82) is 0 Å². The number of carbonyl (C=O) groups excluding carboxylic acids is 2. The van der Waals surface area contributed by atoms with E-state index in [0.29, 0.717) is 42.3 Å². The van der Waals surface area contributed by atoms with E-state index < -0.39 is 0 Å². The van der Waals surface area contributed by atoms with Gasteiger partial charge in [0.1, 0.15) is 0 Å². The van der Waals surface area contributed by atoms with Gasteiger partial charge in [0.25, 0.3) is 11.8 Å². The lowest BCUT2D eigenvalue weighted by Crippen LogP contribution is -2.47. The Hall–Kier alpha value is -3.13. The van der Waals surface area contributed by atoms with Gasteiger partial charge in [0, 0.05) is 37.6 Å². The fraction of sp³-hybridized carbons (Fsp3) is 0.458. The summed E-state index contributed by atoms with van der Waals surface area (Å²) in [6.07, 6.45) is 6.66. The molecule has 2 aliphatic rings. The second-order valence-corrected chi connectivity index (χ2v) is 8.24. The molecule has 8 nitrogen and oxygen atoms in total. The average molecular weight is 440 g/mol. The van der Waals surface area contributed by atoms with Gasteiger partial charge in [-0.15, -0.1) is 0 Å². The van der Waals surface area contributed by atoms with E-state index in [2.05, 4.69) is 10.3 Å². The second-order valence-electron chi connectivity index (χ2n) is 8.24. The number of piperidine rings is 1. The van der Waals surface area contributed by atoms with Crippen molar-refractivity contribution in [2.75, 3.05) is 33.9 Å². The van der Waals surface area contributed by atoms with Crippen LogP contribution in [0.3, 0.4) is 0 Å². The van der Waals surface area contributed by atoms with Crippen LogP contribution in [0.25, 0.3) is 0 Å². The number of nitrogens with zero attached hydrogens (tertiary/aromatic N) is 2. The van der Waals surface area contributed by atoms with Gasteiger partial charge < -0.3 is 24.4 Å². The summed E-state index contributed by atoms with van der Waals surface area (Å²) in [5.41, 5.74) is 0.886. The highest BCUT2D eigenvalue weighted by Crippen LogP contribution is 2.39. The monoisotopic (exact) mass is 439 g/mol.